The lowest BCUT2D eigenvalue weighted by Crippen LogP contribution is -2.02. The topological polar surface area (TPSA) is 45.8 Å². The van der Waals surface area contributed by atoms with E-state index in [0.29, 0.717) is 3.95 Å². The summed E-state index contributed by atoms with van der Waals surface area (Å²) in [6.07, 6.45) is 3.40. The maximum absolute atomic E-state index is 11.1. The van der Waals surface area contributed by atoms with Crippen LogP contribution in [-0.2, 0) is 0 Å². The molecule has 0 unspecified atom stereocenters. The summed E-state index contributed by atoms with van der Waals surface area (Å²) in [5.41, 5.74) is 0.738. The number of pyridine rings is 1. The van der Waals surface area contributed by atoms with Gasteiger partial charge in [0.1, 0.15) is 0 Å². The van der Waals surface area contributed by atoms with Crippen LogP contribution in [0, 0.1) is 3.95 Å². The fourth-order valence-corrected chi connectivity index (χ4v) is 2.19. The summed E-state index contributed by atoms with van der Waals surface area (Å²) in [4.78, 5) is 18.5. The number of aromatic amines is 1. The first-order chi connectivity index (χ1) is 6.75. The van der Waals surface area contributed by atoms with Crippen LogP contribution < -0.4 is 5.56 Å². The van der Waals surface area contributed by atoms with Crippen molar-refractivity contribution in [2.75, 3.05) is 0 Å². The highest BCUT2D eigenvalue weighted by atomic mass is 32.1. The van der Waals surface area contributed by atoms with E-state index in [1.165, 1.54) is 17.4 Å². The predicted molar refractivity (Wildman–Crippen MR) is 59.0 cm³/mol. The number of nitrogens with zero attached hydrogens (tertiary/aromatic N) is 1. The third-order valence-electron chi connectivity index (χ3n) is 1.64. The molecule has 2 rings (SSSR count). The predicted octanol–water partition coefficient (Wildman–Crippen LogP) is 2.23. The van der Waals surface area contributed by atoms with Crippen molar-refractivity contribution >= 4 is 23.6 Å². The third-order valence-corrected chi connectivity index (χ3v) is 2.85. The molecule has 0 aliphatic heterocycles. The molecule has 0 spiro atoms. The molecule has 2 aromatic rings. The van der Waals surface area contributed by atoms with Gasteiger partial charge in [-0.3, -0.25) is 9.78 Å². The van der Waals surface area contributed by atoms with Crippen molar-refractivity contribution in [3.05, 3.63) is 44.9 Å². The molecular weight excluding hydrogens is 216 g/mol. The van der Waals surface area contributed by atoms with Crippen molar-refractivity contribution in [1.82, 2.24) is 9.97 Å². The Hall–Kier alpha value is -1.33. The first kappa shape index (κ1) is 9.23. The van der Waals surface area contributed by atoms with Gasteiger partial charge in [0, 0.05) is 28.9 Å². The quantitative estimate of drug-likeness (QED) is 0.752. The molecule has 0 atom stereocenters. The molecule has 0 aliphatic rings. The largest absolute Gasteiger partial charge is 0.305 e. The number of aromatic nitrogens is 2. The summed E-state index contributed by atoms with van der Waals surface area (Å²) >= 11 is 6.29. The number of rotatable bonds is 1. The maximum Gasteiger partial charge on any atom is 0.251 e. The molecule has 0 saturated heterocycles. The molecule has 14 heavy (non-hydrogen) atoms. The molecule has 0 aliphatic carbocycles. The summed E-state index contributed by atoms with van der Waals surface area (Å²) in [6, 6.07) is 5.25. The zero-order valence-corrected chi connectivity index (χ0v) is 8.69. The Morgan fingerprint density at radius 2 is 2.36 bits per heavy atom. The van der Waals surface area contributed by atoms with E-state index in [-0.39, 0.29) is 5.56 Å². The van der Waals surface area contributed by atoms with Gasteiger partial charge in [-0.05, 0) is 18.3 Å². The van der Waals surface area contributed by atoms with E-state index in [0.717, 1.165) is 10.4 Å². The van der Waals surface area contributed by atoms with Crippen LogP contribution in [0.5, 0.6) is 0 Å². The zero-order valence-electron chi connectivity index (χ0n) is 7.06. The second kappa shape index (κ2) is 3.81. The lowest BCUT2D eigenvalue weighted by Gasteiger charge is -1.97. The molecule has 2 heterocycles. The van der Waals surface area contributed by atoms with Crippen molar-refractivity contribution in [1.29, 1.82) is 0 Å². The van der Waals surface area contributed by atoms with Crippen molar-refractivity contribution in [2.45, 2.75) is 0 Å². The van der Waals surface area contributed by atoms with E-state index >= 15 is 0 Å². The third kappa shape index (κ3) is 1.94. The molecule has 0 bridgehead atoms. The first-order valence-electron chi connectivity index (χ1n) is 3.90. The molecule has 70 valence electrons. The van der Waals surface area contributed by atoms with E-state index in [9.17, 15) is 4.79 Å². The van der Waals surface area contributed by atoms with E-state index in [1.54, 1.807) is 12.4 Å². The van der Waals surface area contributed by atoms with Gasteiger partial charge < -0.3 is 4.98 Å². The fourth-order valence-electron chi connectivity index (χ4n) is 1.06. The molecule has 0 amide bonds. The van der Waals surface area contributed by atoms with Gasteiger partial charge in [0.05, 0.1) is 0 Å². The van der Waals surface area contributed by atoms with Crippen LogP contribution in [0.15, 0.2) is 35.4 Å². The normalized spacial score (nSPS) is 10.0. The van der Waals surface area contributed by atoms with Gasteiger partial charge in [-0.1, -0.05) is 6.07 Å². The minimum atomic E-state index is -0.174. The molecule has 0 saturated carbocycles. The Morgan fingerprint density at radius 3 is 3.00 bits per heavy atom. The lowest BCUT2D eigenvalue weighted by atomic mass is 10.2. The van der Waals surface area contributed by atoms with Gasteiger partial charge >= 0.3 is 0 Å². The van der Waals surface area contributed by atoms with Crippen molar-refractivity contribution < 1.29 is 0 Å². The molecule has 2 aromatic heterocycles. The summed E-state index contributed by atoms with van der Waals surface area (Å²) in [5, 5.41) is 0. The molecule has 5 heteroatoms. The summed E-state index contributed by atoms with van der Waals surface area (Å²) < 4.78 is 0.483. The van der Waals surface area contributed by atoms with E-state index in [1.807, 2.05) is 12.1 Å². The molecule has 3 nitrogen and oxygen atoms in total. The Balaban J connectivity index is 2.64. The first-order valence-corrected chi connectivity index (χ1v) is 5.13. The number of nitrogens with one attached hydrogen (secondary N) is 1. The highest BCUT2D eigenvalue weighted by Crippen LogP contribution is 2.20. The summed E-state index contributed by atoms with van der Waals surface area (Å²) in [5.74, 6) is 0. The minimum absolute atomic E-state index is 0.174. The van der Waals surface area contributed by atoms with E-state index in [4.69, 9.17) is 12.2 Å². The Labute approximate surface area is 89.1 Å². The second-order valence-corrected chi connectivity index (χ2v) is 4.35. The summed E-state index contributed by atoms with van der Waals surface area (Å²) in [6.45, 7) is 0. The fraction of sp³-hybridized carbons (Fsp3) is 0. The van der Waals surface area contributed by atoms with Gasteiger partial charge in [-0.25, -0.2) is 0 Å². The van der Waals surface area contributed by atoms with Crippen LogP contribution >= 0.6 is 23.6 Å². The van der Waals surface area contributed by atoms with Crippen LogP contribution in [0.3, 0.4) is 0 Å². The monoisotopic (exact) mass is 222 g/mol. The van der Waals surface area contributed by atoms with Crippen LogP contribution in [0.4, 0.5) is 0 Å². The van der Waals surface area contributed by atoms with Crippen LogP contribution in [0.2, 0.25) is 0 Å². The minimum Gasteiger partial charge on any atom is -0.305 e. The van der Waals surface area contributed by atoms with E-state index < -0.39 is 0 Å². The lowest BCUT2D eigenvalue weighted by molar-refractivity contribution is 1.26. The standard InChI is InChI=1S/C9H6N2OS2/c12-8-4-7(14-9(13)11-8)6-2-1-3-10-5-6/h1-5H,(H,11,12,13). The number of H-pyrrole nitrogens is 1. The van der Waals surface area contributed by atoms with Gasteiger partial charge in [0.15, 0.2) is 3.95 Å². The second-order valence-electron chi connectivity index (χ2n) is 2.63. The van der Waals surface area contributed by atoms with Crippen molar-refractivity contribution in [3.63, 3.8) is 0 Å². The number of hydrogen-bond acceptors (Lipinski definition) is 4. The average Bonchev–Trinajstić information content (AvgIpc) is 2.18. The molecular formula is C9H6N2OS2. The molecule has 0 radical (unpaired) electrons. The van der Waals surface area contributed by atoms with Gasteiger partial charge in [0.25, 0.3) is 5.56 Å². The Kier molecular flexibility index (Phi) is 2.51. The Bertz CT molecular complexity index is 516. The smallest absolute Gasteiger partial charge is 0.251 e. The number of hydrogen-bond donors (Lipinski definition) is 1. The maximum atomic E-state index is 11.1. The molecule has 1 N–H and O–H groups in total. The van der Waals surface area contributed by atoms with Crippen molar-refractivity contribution in [3.8, 4) is 10.4 Å². The Morgan fingerprint density at radius 1 is 1.50 bits per heavy atom. The molecule has 0 fully saturated rings. The van der Waals surface area contributed by atoms with Crippen LogP contribution in [0.1, 0.15) is 0 Å². The van der Waals surface area contributed by atoms with E-state index in [2.05, 4.69) is 9.97 Å². The SMILES string of the molecule is O=c1cc(-c2cccnc2)sc(=S)[nH]1. The van der Waals surface area contributed by atoms with Gasteiger partial charge in [-0.2, -0.15) is 0 Å². The van der Waals surface area contributed by atoms with Gasteiger partial charge in [-0.15, -0.1) is 11.3 Å². The average molecular weight is 222 g/mol. The van der Waals surface area contributed by atoms with Gasteiger partial charge in [0.2, 0.25) is 0 Å². The van der Waals surface area contributed by atoms with Crippen LogP contribution in [0.25, 0.3) is 10.4 Å². The highest BCUT2D eigenvalue weighted by molar-refractivity contribution is 7.73. The van der Waals surface area contributed by atoms with Crippen molar-refractivity contribution in [2.24, 2.45) is 0 Å². The summed E-state index contributed by atoms with van der Waals surface area (Å²) in [7, 11) is 0. The highest BCUT2D eigenvalue weighted by Gasteiger charge is 1.98. The molecule has 0 aromatic carbocycles. The zero-order chi connectivity index (χ0) is 9.97. The van der Waals surface area contributed by atoms with Crippen LogP contribution in [-0.4, -0.2) is 9.97 Å².